The lowest BCUT2D eigenvalue weighted by atomic mass is 10.2. The maximum atomic E-state index is 11.4. The Morgan fingerprint density at radius 3 is 2.62 bits per heavy atom. The van der Waals surface area contributed by atoms with Crippen LogP contribution in [0.2, 0.25) is 0 Å². The Kier molecular flexibility index (Phi) is 1.82. The lowest BCUT2D eigenvalue weighted by Crippen LogP contribution is -2.24. The molecule has 84 valence electrons. The molecule has 0 bridgehead atoms. The zero-order valence-electron chi connectivity index (χ0n) is 8.43. The normalized spacial score (nSPS) is 17.8. The number of hydrogen-bond donors (Lipinski definition) is 1. The van der Waals surface area contributed by atoms with Crippen molar-refractivity contribution >= 4 is 17.5 Å². The van der Waals surface area contributed by atoms with Crippen molar-refractivity contribution in [3.05, 3.63) is 12.1 Å². The van der Waals surface area contributed by atoms with E-state index in [1.807, 2.05) is 0 Å². The SMILES string of the molecule is Nc1cc2c(cc1N1CCOC1=O)OCO2. The topological polar surface area (TPSA) is 74.0 Å². The molecule has 1 amide bonds. The molecular weight excluding hydrogens is 212 g/mol. The molecule has 3 rings (SSSR count). The van der Waals surface area contributed by atoms with Crippen molar-refractivity contribution in [1.82, 2.24) is 0 Å². The Labute approximate surface area is 91.5 Å². The minimum Gasteiger partial charge on any atom is -0.454 e. The number of fused-ring (bicyclic) bond motifs is 1. The molecule has 6 nitrogen and oxygen atoms in total. The van der Waals surface area contributed by atoms with Gasteiger partial charge >= 0.3 is 6.09 Å². The molecule has 1 fully saturated rings. The van der Waals surface area contributed by atoms with Crippen molar-refractivity contribution in [2.75, 3.05) is 30.6 Å². The highest BCUT2D eigenvalue weighted by Gasteiger charge is 2.27. The second-order valence-electron chi connectivity index (χ2n) is 3.53. The van der Waals surface area contributed by atoms with E-state index in [0.717, 1.165) is 0 Å². The summed E-state index contributed by atoms with van der Waals surface area (Å²) in [6.45, 7) is 1.07. The van der Waals surface area contributed by atoms with Crippen molar-refractivity contribution < 1.29 is 19.0 Å². The molecule has 2 N–H and O–H groups in total. The molecule has 6 heteroatoms. The van der Waals surface area contributed by atoms with Crippen LogP contribution in [0.3, 0.4) is 0 Å². The highest BCUT2D eigenvalue weighted by molar-refractivity contribution is 5.94. The van der Waals surface area contributed by atoms with Gasteiger partial charge in [0.2, 0.25) is 6.79 Å². The van der Waals surface area contributed by atoms with Gasteiger partial charge in [0, 0.05) is 12.1 Å². The van der Waals surface area contributed by atoms with Crippen molar-refractivity contribution in [2.24, 2.45) is 0 Å². The van der Waals surface area contributed by atoms with Crippen LogP contribution in [-0.2, 0) is 4.74 Å². The number of anilines is 2. The average molecular weight is 222 g/mol. The largest absolute Gasteiger partial charge is 0.454 e. The van der Waals surface area contributed by atoms with Gasteiger partial charge in [0.25, 0.3) is 0 Å². The van der Waals surface area contributed by atoms with Crippen LogP contribution in [0.4, 0.5) is 16.2 Å². The van der Waals surface area contributed by atoms with E-state index in [4.69, 9.17) is 19.9 Å². The first-order valence-electron chi connectivity index (χ1n) is 4.89. The second kappa shape index (κ2) is 3.19. The Hall–Kier alpha value is -2.11. The number of ether oxygens (including phenoxy) is 3. The molecule has 0 radical (unpaired) electrons. The van der Waals surface area contributed by atoms with Gasteiger partial charge in [-0.2, -0.15) is 0 Å². The molecule has 0 unspecified atom stereocenters. The van der Waals surface area contributed by atoms with Crippen molar-refractivity contribution in [3.8, 4) is 11.5 Å². The monoisotopic (exact) mass is 222 g/mol. The summed E-state index contributed by atoms with van der Waals surface area (Å²) >= 11 is 0. The number of benzene rings is 1. The summed E-state index contributed by atoms with van der Waals surface area (Å²) in [4.78, 5) is 12.9. The molecule has 0 aliphatic carbocycles. The summed E-state index contributed by atoms with van der Waals surface area (Å²) in [7, 11) is 0. The van der Waals surface area contributed by atoms with E-state index in [9.17, 15) is 4.79 Å². The van der Waals surface area contributed by atoms with Gasteiger partial charge in [0.15, 0.2) is 11.5 Å². The van der Waals surface area contributed by atoms with E-state index < -0.39 is 0 Å². The number of carbonyl (C=O) groups excluding carboxylic acids is 1. The number of nitrogens with two attached hydrogens (primary N) is 1. The van der Waals surface area contributed by atoms with Crippen LogP contribution in [0.25, 0.3) is 0 Å². The zero-order valence-corrected chi connectivity index (χ0v) is 8.43. The van der Waals surface area contributed by atoms with Crippen molar-refractivity contribution in [3.63, 3.8) is 0 Å². The third-order valence-corrected chi connectivity index (χ3v) is 2.57. The Bertz CT molecular complexity index is 460. The van der Waals surface area contributed by atoms with Crippen molar-refractivity contribution in [2.45, 2.75) is 0 Å². The van der Waals surface area contributed by atoms with E-state index in [2.05, 4.69) is 0 Å². The molecule has 1 aromatic rings. The van der Waals surface area contributed by atoms with E-state index in [1.165, 1.54) is 4.90 Å². The molecule has 1 aromatic carbocycles. The summed E-state index contributed by atoms with van der Waals surface area (Å²) in [6.07, 6.45) is -0.384. The van der Waals surface area contributed by atoms with Gasteiger partial charge in [-0.25, -0.2) is 4.79 Å². The van der Waals surface area contributed by atoms with E-state index >= 15 is 0 Å². The fraction of sp³-hybridized carbons (Fsp3) is 0.300. The zero-order chi connectivity index (χ0) is 11.1. The molecule has 0 saturated carbocycles. The van der Waals surface area contributed by atoms with Crippen LogP contribution in [0.15, 0.2) is 12.1 Å². The van der Waals surface area contributed by atoms with Gasteiger partial charge < -0.3 is 19.9 Å². The first kappa shape index (κ1) is 9.14. The van der Waals surface area contributed by atoms with Gasteiger partial charge in [-0.1, -0.05) is 0 Å². The number of carbonyl (C=O) groups is 1. The Morgan fingerprint density at radius 1 is 1.19 bits per heavy atom. The lowest BCUT2D eigenvalue weighted by Gasteiger charge is -2.15. The minimum absolute atomic E-state index is 0.183. The van der Waals surface area contributed by atoms with Gasteiger partial charge in [-0.3, -0.25) is 4.90 Å². The molecule has 16 heavy (non-hydrogen) atoms. The molecule has 2 aliphatic rings. The van der Waals surface area contributed by atoms with Crippen LogP contribution >= 0.6 is 0 Å². The number of nitrogens with zero attached hydrogens (tertiary/aromatic N) is 1. The van der Waals surface area contributed by atoms with Gasteiger partial charge in [0.1, 0.15) is 6.61 Å². The number of rotatable bonds is 1. The molecule has 0 aromatic heterocycles. The van der Waals surface area contributed by atoms with E-state index in [1.54, 1.807) is 12.1 Å². The average Bonchev–Trinajstić information content (AvgIpc) is 2.85. The number of nitrogen functional groups attached to an aromatic ring is 1. The third kappa shape index (κ3) is 1.23. The van der Waals surface area contributed by atoms with Crippen LogP contribution in [0.5, 0.6) is 11.5 Å². The van der Waals surface area contributed by atoms with Crippen molar-refractivity contribution in [1.29, 1.82) is 0 Å². The predicted molar refractivity (Wildman–Crippen MR) is 55.7 cm³/mol. The fourth-order valence-electron chi connectivity index (χ4n) is 1.79. The van der Waals surface area contributed by atoms with Crippen LogP contribution in [0.1, 0.15) is 0 Å². The minimum atomic E-state index is -0.384. The summed E-state index contributed by atoms with van der Waals surface area (Å²) in [5, 5.41) is 0. The highest BCUT2D eigenvalue weighted by Crippen LogP contribution is 2.40. The molecule has 0 spiro atoms. The summed E-state index contributed by atoms with van der Waals surface area (Å²) in [6, 6.07) is 3.35. The first-order valence-corrected chi connectivity index (χ1v) is 4.89. The highest BCUT2D eigenvalue weighted by atomic mass is 16.7. The Morgan fingerprint density at radius 2 is 1.94 bits per heavy atom. The predicted octanol–water partition coefficient (Wildman–Crippen LogP) is 0.954. The summed E-state index contributed by atoms with van der Waals surface area (Å²) in [5.41, 5.74) is 6.93. The Balaban J connectivity index is 2.04. The quantitative estimate of drug-likeness (QED) is 0.716. The first-order chi connectivity index (χ1) is 7.75. The second-order valence-corrected chi connectivity index (χ2v) is 3.53. The van der Waals surface area contributed by atoms with E-state index in [-0.39, 0.29) is 12.9 Å². The van der Waals surface area contributed by atoms with E-state index in [0.29, 0.717) is 36.0 Å². The standard InChI is InChI=1S/C10H10N2O4/c11-6-3-8-9(16-5-15-8)4-7(6)12-1-2-14-10(12)13/h3-4H,1-2,5,11H2. The molecule has 2 aliphatic heterocycles. The number of hydrogen-bond acceptors (Lipinski definition) is 5. The van der Waals surface area contributed by atoms with Gasteiger partial charge in [0.05, 0.1) is 17.9 Å². The van der Waals surface area contributed by atoms with Gasteiger partial charge in [-0.15, -0.1) is 0 Å². The van der Waals surface area contributed by atoms with Crippen LogP contribution in [0, 0.1) is 0 Å². The van der Waals surface area contributed by atoms with Crippen LogP contribution in [-0.4, -0.2) is 26.0 Å². The maximum Gasteiger partial charge on any atom is 0.414 e. The number of cyclic esters (lactones) is 1. The molecule has 0 atom stereocenters. The summed E-state index contributed by atoms with van der Waals surface area (Å²) < 4.78 is 15.3. The molecule has 2 heterocycles. The fourth-order valence-corrected chi connectivity index (χ4v) is 1.79. The smallest absolute Gasteiger partial charge is 0.414 e. The molecular formula is C10H10N2O4. The maximum absolute atomic E-state index is 11.4. The summed E-state index contributed by atoms with van der Waals surface area (Å²) in [5.74, 6) is 1.21. The number of amides is 1. The molecule has 1 saturated heterocycles. The lowest BCUT2D eigenvalue weighted by molar-refractivity contribution is 0.174. The third-order valence-electron chi connectivity index (χ3n) is 2.57. The van der Waals surface area contributed by atoms with Gasteiger partial charge in [-0.05, 0) is 0 Å². The van der Waals surface area contributed by atoms with Crippen LogP contribution < -0.4 is 20.1 Å².